The summed E-state index contributed by atoms with van der Waals surface area (Å²) in [5.41, 5.74) is 5.50. The Morgan fingerprint density at radius 3 is 2.65 bits per heavy atom. The minimum Gasteiger partial charge on any atom is -0.271 e. The van der Waals surface area contributed by atoms with E-state index in [2.05, 4.69) is 11.5 Å². The van der Waals surface area contributed by atoms with Gasteiger partial charge in [0.2, 0.25) is 0 Å². The molecular formula is C16H19FN2S. The maximum absolute atomic E-state index is 12.9. The van der Waals surface area contributed by atoms with Gasteiger partial charge in [-0.25, -0.2) is 4.39 Å². The summed E-state index contributed by atoms with van der Waals surface area (Å²) in [5.74, 6) is 5.53. The zero-order valence-corrected chi connectivity index (χ0v) is 12.2. The highest BCUT2D eigenvalue weighted by Crippen LogP contribution is 2.33. The highest BCUT2D eigenvalue weighted by atomic mass is 32.1. The minimum atomic E-state index is -0.197. The Kier molecular flexibility index (Phi) is 4.15. The van der Waals surface area contributed by atoms with E-state index >= 15 is 0 Å². The molecule has 106 valence electrons. The first kappa shape index (κ1) is 13.7. The van der Waals surface area contributed by atoms with Crippen molar-refractivity contribution >= 4 is 11.3 Å². The molecule has 20 heavy (non-hydrogen) atoms. The van der Waals surface area contributed by atoms with Crippen LogP contribution in [0.15, 0.2) is 30.3 Å². The second-order valence-corrected chi connectivity index (χ2v) is 6.52. The lowest BCUT2D eigenvalue weighted by Crippen LogP contribution is -2.28. The predicted molar refractivity (Wildman–Crippen MR) is 81.1 cm³/mol. The summed E-state index contributed by atoms with van der Waals surface area (Å²) in [6.07, 6.45) is 5.77. The molecule has 0 spiro atoms. The fourth-order valence-electron chi connectivity index (χ4n) is 2.78. The third-order valence-corrected chi connectivity index (χ3v) is 5.26. The second kappa shape index (κ2) is 6.04. The first-order valence-electron chi connectivity index (χ1n) is 7.08. The molecule has 1 unspecified atom stereocenters. The van der Waals surface area contributed by atoms with Crippen molar-refractivity contribution in [3.05, 3.63) is 57.0 Å². The summed E-state index contributed by atoms with van der Waals surface area (Å²) in [7, 11) is 0. The van der Waals surface area contributed by atoms with Crippen LogP contribution >= 0.6 is 11.3 Å². The lowest BCUT2D eigenvalue weighted by molar-refractivity contribution is 0.559. The molecule has 0 radical (unpaired) electrons. The molecular weight excluding hydrogens is 271 g/mol. The predicted octanol–water partition coefficient (Wildman–Crippen LogP) is 3.51. The van der Waals surface area contributed by atoms with Gasteiger partial charge in [0, 0.05) is 9.75 Å². The van der Waals surface area contributed by atoms with E-state index in [1.54, 1.807) is 0 Å². The number of benzene rings is 1. The van der Waals surface area contributed by atoms with Crippen LogP contribution in [0.5, 0.6) is 0 Å². The van der Waals surface area contributed by atoms with E-state index in [9.17, 15) is 4.39 Å². The Morgan fingerprint density at radius 2 is 1.95 bits per heavy atom. The van der Waals surface area contributed by atoms with Crippen LogP contribution in [0, 0.1) is 5.82 Å². The van der Waals surface area contributed by atoms with Crippen molar-refractivity contribution in [1.82, 2.24) is 5.43 Å². The van der Waals surface area contributed by atoms with Crippen molar-refractivity contribution in [3.8, 4) is 0 Å². The Labute approximate surface area is 122 Å². The molecule has 4 heteroatoms. The third-order valence-electron chi connectivity index (χ3n) is 3.91. The molecule has 0 saturated carbocycles. The maximum Gasteiger partial charge on any atom is 0.123 e. The summed E-state index contributed by atoms with van der Waals surface area (Å²) in [6, 6.07) is 9.06. The molecule has 1 aliphatic carbocycles. The molecule has 0 bridgehead atoms. The van der Waals surface area contributed by atoms with E-state index in [4.69, 9.17) is 5.84 Å². The number of hydrogen-bond donors (Lipinski definition) is 2. The van der Waals surface area contributed by atoms with Gasteiger partial charge in [-0.3, -0.25) is 11.3 Å². The topological polar surface area (TPSA) is 38.0 Å². The van der Waals surface area contributed by atoms with Crippen LogP contribution < -0.4 is 11.3 Å². The van der Waals surface area contributed by atoms with Gasteiger partial charge in [-0.1, -0.05) is 12.1 Å². The molecule has 0 amide bonds. The van der Waals surface area contributed by atoms with E-state index in [-0.39, 0.29) is 11.9 Å². The van der Waals surface area contributed by atoms with Gasteiger partial charge in [0.25, 0.3) is 0 Å². The Balaban J connectivity index is 1.79. The molecule has 3 N–H and O–H groups in total. The quantitative estimate of drug-likeness (QED) is 0.668. The van der Waals surface area contributed by atoms with Crippen LogP contribution in [0.2, 0.25) is 0 Å². The van der Waals surface area contributed by atoms with Crippen LogP contribution in [0.3, 0.4) is 0 Å². The SMILES string of the molecule is NNC(Cc1ccc(F)cc1)c1cc2c(s1)CCCC2. The van der Waals surface area contributed by atoms with E-state index in [1.807, 2.05) is 23.5 Å². The average molecular weight is 290 g/mol. The van der Waals surface area contributed by atoms with Crippen LogP contribution in [0.25, 0.3) is 0 Å². The molecule has 2 aromatic rings. The molecule has 3 rings (SSSR count). The van der Waals surface area contributed by atoms with Gasteiger partial charge in [0.1, 0.15) is 5.82 Å². The Morgan fingerprint density at radius 1 is 1.20 bits per heavy atom. The third kappa shape index (κ3) is 2.92. The van der Waals surface area contributed by atoms with Crippen molar-refractivity contribution < 1.29 is 4.39 Å². The number of hydrogen-bond acceptors (Lipinski definition) is 3. The Bertz CT molecular complexity index is 553. The van der Waals surface area contributed by atoms with E-state index in [0.717, 1.165) is 12.0 Å². The summed E-state index contributed by atoms with van der Waals surface area (Å²) >= 11 is 1.87. The monoisotopic (exact) mass is 290 g/mol. The van der Waals surface area contributed by atoms with Crippen molar-refractivity contribution in [1.29, 1.82) is 0 Å². The first-order valence-corrected chi connectivity index (χ1v) is 7.90. The molecule has 0 saturated heterocycles. The number of nitrogens with two attached hydrogens (primary N) is 1. The molecule has 1 aromatic carbocycles. The van der Waals surface area contributed by atoms with E-state index in [1.165, 1.54) is 53.1 Å². The van der Waals surface area contributed by atoms with E-state index < -0.39 is 0 Å². The largest absolute Gasteiger partial charge is 0.271 e. The summed E-state index contributed by atoms with van der Waals surface area (Å²) in [6.45, 7) is 0. The van der Waals surface area contributed by atoms with Crippen LogP contribution in [-0.4, -0.2) is 0 Å². The van der Waals surface area contributed by atoms with Gasteiger partial charge in [0.05, 0.1) is 6.04 Å². The molecule has 0 fully saturated rings. The zero-order valence-electron chi connectivity index (χ0n) is 11.4. The number of fused-ring (bicyclic) bond motifs is 1. The van der Waals surface area contributed by atoms with Crippen molar-refractivity contribution in [2.24, 2.45) is 5.84 Å². The first-order chi connectivity index (χ1) is 9.76. The van der Waals surface area contributed by atoms with Crippen LogP contribution in [-0.2, 0) is 19.3 Å². The standard InChI is InChI=1S/C16H19FN2S/c17-13-7-5-11(6-8-13)9-14(19-18)16-10-12-3-1-2-4-15(12)20-16/h5-8,10,14,19H,1-4,9,18H2. The molecule has 2 nitrogen and oxygen atoms in total. The number of halogens is 1. The van der Waals surface area contributed by atoms with Crippen molar-refractivity contribution in [2.45, 2.75) is 38.1 Å². The molecule has 0 aliphatic heterocycles. The van der Waals surface area contributed by atoms with Gasteiger partial charge in [0.15, 0.2) is 0 Å². The molecule has 1 aromatic heterocycles. The number of hydrazine groups is 1. The van der Waals surface area contributed by atoms with Gasteiger partial charge in [-0.05, 0) is 61.4 Å². The summed E-state index contributed by atoms with van der Waals surface area (Å²) < 4.78 is 12.9. The van der Waals surface area contributed by atoms with Crippen molar-refractivity contribution in [2.75, 3.05) is 0 Å². The van der Waals surface area contributed by atoms with Crippen LogP contribution in [0.1, 0.15) is 39.8 Å². The lowest BCUT2D eigenvalue weighted by atomic mass is 9.98. The van der Waals surface area contributed by atoms with E-state index in [0.29, 0.717) is 0 Å². The minimum absolute atomic E-state index is 0.107. The van der Waals surface area contributed by atoms with Gasteiger partial charge >= 0.3 is 0 Å². The zero-order chi connectivity index (χ0) is 13.9. The smallest absolute Gasteiger partial charge is 0.123 e. The highest BCUT2D eigenvalue weighted by molar-refractivity contribution is 7.12. The van der Waals surface area contributed by atoms with Crippen LogP contribution in [0.4, 0.5) is 4.39 Å². The Hall–Kier alpha value is -1.23. The summed E-state index contributed by atoms with van der Waals surface area (Å²) in [4.78, 5) is 2.81. The number of aryl methyl sites for hydroxylation is 2. The summed E-state index contributed by atoms with van der Waals surface area (Å²) in [5, 5.41) is 0. The lowest BCUT2D eigenvalue weighted by Gasteiger charge is -2.14. The number of thiophene rings is 1. The molecule has 1 atom stereocenters. The number of rotatable bonds is 4. The highest BCUT2D eigenvalue weighted by Gasteiger charge is 2.18. The fraction of sp³-hybridized carbons (Fsp3) is 0.375. The second-order valence-electron chi connectivity index (χ2n) is 5.35. The molecule has 1 heterocycles. The number of nitrogens with one attached hydrogen (secondary N) is 1. The van der Waals surface area contributed by atoms with Gasteiger partial charge in [-0.15, -0.1) is 11.3 Å². The normalized spacial score (nSPS) is 15.9. The molecule has 1 aliphatic rings. The van der Waals surface area contributed by atoms with Gasteiger partial charge in [-0.2, -0.15) is 0 Å². The van der Waals surface area contributed by atoms with Crippen molar-refractivity contribution in [3.63, 3.8) is 0 Å². The van der Waals surface area contributed by atoms with Gasteiger partial charge < -0.3 is 0 Å². The average Bonchev–Trinajstić information content (AvgIpc) is 2.90. The maximum atomic E-state index is 12.9. The fourth-order valence-corrected chi connectivity index (χ4v) is 4.10.